The minimum Gasteiger partial charge on any atom is -0.508 e. The summed E-state index contributed by atoms with van der Waals surface area (Å²) in [6.45, 7) is 4.69. The number of nitrogens with zero attached hydrogens (tertiary/aromatic N) is 2. The summed E-state index contributed by atoms with van der Waals surface area (Å²) in [7, 11) is 3.58. The van der Waals surface area contributed by atoms with Crippen LogP contribution in [-0.4, -0.2) is 236 Å². The van der Waals surface area contributed by atoms with E-state index in [2.05, 4.69) is 79.1 Å². The molecule has 97 heavy (non-hydrogen) atoms. The number of hydrogen-bond donors (Lipinski definition) is 18. The van der Waals surface area contributed by atoms with Gasteiger partial charge in [0.15, 0.2) is 0 Å². The maximum absolute atomic E-state index is 15.0. The number of aromatic hydroxyl groups is 1. The average Bonchev–Trinajstić information content (AvgIpc) is 1.72. The second kappa shape index (κ2) is 37.8. The maximum Gasteiger partial charge on any atom is 0.312 e. The molecule has 4 saturated heterocycles. The Hall–Kier alpha value is -8.56. The highest BCUT2D eigenvalue weighted by molar-refractivity contribution is 8.77. The molecule has 0 saturated carbocycles. The second-order valence-corrected chi connectivity index (χ2v) is 29.2. The molecule has 1 aromatic heterocycles. The first-order chi connectivity index (χ1) is 46.0. The zero-order valence-electron chi connectivity index (χ0n) is 53.6. The van der Waals surface area contributed by atoms with E-state index in [0.717, 1.165) is 48.1 Å². The number of fused-ring (bicyclic) bond motifs is 6. The third-order valence-electron chi connectivity index (χ3n) is 15.5. The van der Waals surface area contributed by atoms with Crippen molar-refractivity contribution in [2.45, 2.75) is 152 Å². The van der Waals surface area contributed by atoms with Gasteiger partial charge < -0.3 is 101 Å². The number of phenolic OH excluding ortho intramolecular Hbond substituents is 1. The third kappa shape index (κ3) is 24.8. The predicted molar refractivity (Wildman–Crippen MR) is 355 cm³/mol. The Bertz CT molecular complexity index is 3190. The van der Waals surface area contributed by atoms with Gasteiger partial charge in [0, 0.05) is 73.7 Å². The number of aromatic amines is 1. The number of aliphatic hydroxyl groups excluding tert-OH is 1. The summed E-state index contributed by atoms with van der Waals surface area (Å²) in [4.78, 5) is 216. The van der Waals surface area contributed by atoms with Crippen molar-refractivity contribution >= 4 is 132 Å². The van der Waals surface area contributed by atoms with Gasteiger partial charge in [-0.1, -0.05) is 83.0 Å². The minimum absolute atomic E-state index is 0.0285. The monoisotopic (exact) mass is 1430 g/mol. The summed E-state index contributed by atoms with van der Waals surface area (Å²) in [5.41, 5.74) is 11.8. The molecule has 2 bridgehead atoms. The molecular weight excluding hydrogens is 1350 g/mol. The number of carbonyl (C=O) groups excluding carboxylic acids is 15. The number of phenols is 1. The summed E-state index contributed by atoms with van der Waals surface area (Å²) >= 11 is 0. The highest BCUT2D eigenvalue weighted by Gasteiger charge is 2.44. The maximum atomic E-state index is 15.0. The Kier molecular flexibility index (Phi) is 30.2. The number of hydrogen-bond acceptors (Lipinski definition) is 22. The van der Waals surface area contributed by atoms with E-state index in [9.17, 15) is 82.1 Å². The van der Waals surface area contributed by atoms with E-state index < -0.39 is 181 Å². The number of carbonyl (C=O) groups is 15. The minimum atomic E-state index is -1.63. The summed E-state index contributed by atoms with van der Waals surface area (Å²) in [6.07, 6.45) is 0.604. The van der Waals surface area contributed by atoms with Crippen molar-refractivity contribution in [3.8, 4) is 5.75 Å². The van der Waals surface area contributed by atoms with Crippen molar-refractivity contribution in [3.63, 3.8) is 0 Å². The topological polar surface area (TPSA) is 537 Å². The summed E-state index contributed by atoms with van der Waals surface area (Å²) in [5, 5.41) is 54.4. The average molecular weight is 1430 g/mol. The second-order valence-electron chi connectivity index (χ2n) is 24.1. The first-order valence-corrected chi connectivity index (χ1v) is 36.1. The number of amides is 16. The van der Waals surface area contributed by atoms with Crippen LogP contribution < -0.4 is 80.6 Å². The van der Waals surface area contributed by atoms with Gasteiger partial charge in [-0.3, -0.25) is 67.1 Å². The Labute approximate surface area is 573 Å². The van der Waals surface area contributed by atoms with Crippen LogP contribution in [0.25, 0.3) is 0 Å². The molecule has 6 rings (SSSR count). The van der Waals surface area contributed by atoms with Gasteiger partial charge in [-0.15, -0.1) is 0 Å². The third-order valence-corrected chi connectivity index (χ3v) is 20.4. The molecule has 532 valence electrons. The van der Waals surface area contributed by atoms with E-state index in [1.54, 1.807) is 27.7 Å². The largest absolute Gasteiger partial charge is 0.508 e. The number of imidazole rings is 1. The van der Waals surface area contributed by atoms with Crippen LogP contribution in [0, 0.1) is 11.8 Å². The fourth-order valence-electron chi connectivity index (χ4n) is 10.4. The van der Waals surface area contributed by atoms with Crippen LogP contribution in [0.1, 0.15) is 77.5 Å². The van der Waals surface area contributed by atoms with Crippen LogP contribution in [0.15, 0.2) is 36.8 Å². The zero-order valence-corrected chi connectivity index (χ0v) is 56.8. The van der Waals surface area contributed by atoms with Crippen molar-refractivity contribution in [1.82, 2.24) is 84.0 Å². The van der Waals surface area contributed by atoms with E-state index in [-0.39, 0.29) is 98.5 Å². The Morgan fingerprint density at radius 1 is 0.680 bits per heavy atom. The number of primary amides is 2. The fraction of sp³-hybridized carbons (Fsp3) is 0.586. The molecular formula is C58H84N18O17S4. The number of nitrogens with one attached hydrogen (secondary N) is 14. The van der Waals surface area contributed by atoms with Crippen LogP contribution in [0.4, 0.5) is 4.79 Å². The Balaban J connectivity index is 1.41. The number of benzene rings is 1. The van der Waals surface area contributed by atoms with Crippen molar-refractivity contribution in [1.29, 1.82) is 0 Å². The van der Waals surface area contributed by atoms with E-state index in [1.807, 2.05) is 0 Å². The van der Waals surface area contributed by atoms with E-state index >= 15 is 0 Å². The molecule has 16 amide bonds. The first-order valence-electron chi connectivity index (χ1n) is 31.2. The molecule has 1 aromatic carbocycles. The van der Waals surface area contributed by atoms with Gasteiger partial charge >= 0.3 is 6.03 Å². The van der Waals surface area contributed by atoms with Gasteiger partial charge in [-0.2, -0.15) is 0 Å². The molecule has 4 aliphatic heterocycles. The van der Waals surface area contributed by atoms with E-state index in [4.69, 9.17) is 11.5 Å². The van der Waals surface area contributed by atoms with E-state index in [0.29, 0.717) is 11.3 Å². The van der Waals surface area contributed by atoms with Gasteiger partial charge in [0.1, 0.15) is 72.2 Å². The lowest BCUT2D eigenvalue weighted by atomic mass is 10.0. The standard InChI is InChI=1S/C58H84N18O17S4/c1-27(2)14-35-51(86)73-40-24-97-95-23-39(49(84)64-19-44(80)67-36(15-29-7-9-31(77)10-8-29)52(87)68-33(50(85)69-35)6-5-13-62-58(60)93)72-54(89)41(74-56(91)46(28(3)4)75-45(81)20-63-48(83)34-11-12-43(79)66-34)25-96-94-22-38(47(59)82)71-55(90)42-17-32(78)21-76(42)57(92)37(70-53(40)88)16-30-18-61-26-65-30/h7-10,18,26-28,32-42,46,77-78H,5-6,11-17,19-25H2,1-4H3,(H2,59,82)(H,61,65)(H,63,83)(H,64,84)(H,66,79)(H,67,80)(H,68,87)(H,69,85)(H,70,88)(H,71,90)(H,72,89)(H,73,86)(H,74,91)(H,75,81)(H3,60,62,93)/t32-,33+,34+,35+,36+,37+,38+,39+,40+,41+,42+,46+/m1/s1. The quantitative estimate of drug-likeness (QED) is 0.0488. The SMILES string of the molecule is CC(C)C[C@@H]1NC(=O)[C@H](CCCNC(N)=O)NC(=O)[C@H](Cc2ccc(O)cc2)NC(=O)CNC(=O)[C@@H]2CSSC[C@H](NC1=O)C(=O)N[C@@H](Cc1cnc[nH]1)C(=O)N1C[C@H](O)C[C@H]1C(=O)N[C@H](C(N)=O)CSSC[C@H](NC(=O)[C@@H](NC(=O)CNC(=O)[C@@H]1CCC(=O)N1)C(C)C)C(=O)N2. The number of aromatic nitrogens is 2. The smallest absolute Gasteiger partial charge is 0.312 e. The van der Waals surface area contributed by atoms with Gasteiger partial charge in [0.05, 0.1) is 25.5 Å². The van der Waals surface area contributed by atoms with Gasteiger partial charge in [-0.05, 0) is 55.2 Å². The predicted octanol–water partition coefficient (Wildman–Crippen LogP) is -5.84. The van der Waals surface area contributed by atoms with E-state index in [1.165, 1.54) is 36.8 Å². The molecule has 12 atom stereocenters. The summed E-state index contributed by atoms with van der Waals surface area (Å²) in [5.74, 6) is -14.9. The molecule has 39 heteroatoms. The molecule has 0 radical (unpaired) electrons. The van der Waals surface area contributed by atoms with Crippen LogP contribution in [-0.2, 0) is 80.0 Å². The molecule has 35 nitrogen and oxygen atoms in total. The van der Waals surface area contributed by atoms with Gasteiger partial charge in [0.2, 0.25) is 82.7 Å². The van der Waals surface area contributed by atoms with Crippen LogP contribution >= 0.6 is 43.2 Å². The summed E-state index contributed by atoms with van der Waals surface area (Å²) < 4.78 is 0. The van der Waals surface area contributed by atoms with Gasteiger partial charge in [0.25, 0.3) is 0 Å². The summed E-state index contributed by atoms with van der Waals surface area (Å²) in [6, 6.07) is -11.3. The van der Waals surface area contributed by atoms with Crippen LogP contribution in [0.2, 0.25) is 0 Å². The van der Waals surface area contributed by atoms with Crippen LogP contribution in [0.5, 0.6) is 5.75 Å². The molecule has 4 fully saturated rings. The number of nitrogens with two attached hydrogens (primary N) is 2. The molecule has 5 heterocycles. The molecule has 0 spiro atoms. The van der Waals surface area contributed by atoms with Gasteiger partial charge in [-0.25, -0.2) is 9.78 Å². The van der Waals surface area contributed by atoms with Crippen molar-refractivity contribution in [2.75, 3.05) is 49.2 Å². The highest BCUT2D eigenvalue weighted by atomic mass is 33.1. The number of H-pyrrole nitrogens is 1. The lowest BCUT2D eigenvalue weighted by molar-refractivity contribution is -0.142. The normalized spacial score (nSPS) is 26.0. The molecule has 0 unspecified atom stereocenters. The highest BCUT2D eigenvalue weighted by Crippen LogP contribution is 2.27. The lowest BCUT2D eigenvalue weighted by Crippen LogP contribution is -2.61. The number of rotatable bonds is 18. The molecule has 20 N–H and O–H groups in total. The first kappa shape index (κ1) is 77.4. The number of aliphatic hydroxyl groups is 1. The fourth-order valence-corrected chi connectivity index (χ4v) is 15.1. The molecule has 2 aromatic rings. The van der Waals surface area contributed by atoms with Crippen LogP contribution in [0.3, 0.4) is 0 Å². The molecule has 0 aliphatic carbocycles. The van der Waals surface area contributed by atoms with Crippen molar-refractivity contribution in [3.05, 3.63) is 48.0 Å². The lowest BCUT2D eigenvalue weighted by Gasteiger charge is -2.31. The zero-order chi connectivity index (χ0) is 71.0. The molecule has 4 aliphatic rings. The van der Waals surface area contributed by atoms with Crippen molar-refractivity contribution < 1.29 is 82.1 Å². The Morgan fingerprint density at radius 2 is 1.32 bits per heavy atom. The number of urea groups is 1. The Morgan fingerprint density at radius 3 is 1.96 bits per heavy atom. The van der Waals surface area contributed by atoms with Crippen molar-refractivity contribution in [2.24, 2.45) is 23.3 Å².